The van der Waals surface area contributed by atoms with Gasteiger partial charge in [0, 0.05) is 12.8 Å². The van der Waals surface area contributed by atoms with Gasteiger partial charge in [-0.2, -0.15) is 0 Å². The third-order valence-electron chi connectivity index (χ3n) is 8.52. The molecule has 63 heavy (non-hydrogen) atoms. The summed E-state index contributed by atoms with van der Waals surface area (Å²) >= 11 is 0. The van der Waals surface area contributed by atoms with E-state index in [1.807, 2.05) is 58.4 Å². The number of phosphoric ester groups is 1. The van der Waals surface area contributed by atoms with E-state index in [0.717, 1.165) is 38.5 Å². The maximum absolute atomic E-state index is 12.7. The number of phosphoric acid groups is 1. The van der Waals surface area contributed by atoms with Crippen molar-refractivity contribution in [3.8, 4) is 0 Å². The summed E-state index contributed by atoms with van der Waals surface area (Å²) in [7, 11) is 0.900. The van der Waals surface area contributed by atoms with Crippen molar-refractivity contribution in [1.82, 2.24) is 0 Å². The van der Waals surface area contributed by atoms with E-state index in [0.29, 0.717) is 30.3 Å². The summed E-state index contributed by atoms with van der Waals surface area (Å²) in [5.74, 6) is -1.28. The average Bonchev–Trinajstić information content (AvgIpc) is 3.23. The van der Waals surface area contributed by atoms with Gasteiger partial charge in [0.25, 0.3) is 7.82 Å². The normalized spacial score (nSPS) is 16.3. The van der Waals surface area contributed by atoms with Crippen LogP contribution in [-0.4, -0.2) is 104 Å². The molecule has 0 fully saturated rings. The molecule has 0 heterocycles. The Morgan fingerprint density at radius 3 is 1.70 bits per heavy atom. The van der Waals surface area contributed by atoms with E-state index in [4.69, 9.17) is 18.5 Å². The van der Waals surface area contributed by atoms with Crippen LogP contribution in [0.5, 0.6) is 0 Å². The van der Waals surface area contributed by atoms with Crippen molar-refractivity contribution < 1.29 is 57.4 Å². The van der Waals surface area contributed by atoms with Gasteiger partial charge in [-0.25, -0.2) is 0 Å². The molecule has 0 aliphatic carbocycles. The number of rotatable bonds is 37. The molecular weight excluding hydrogens is 822 g/mol. The molecule has 13 heteroatoms. The fraction of sp³-hybridized carbons (Fsp3) is 0.520. The van der Waals surface area contributed by atoms with Crippen molar-refractivity contribution in [2.75, 3.05) is 47.5 Å². The fourth-order valence-corrected chi connectivity index (χ4v) is 5.69. The van der Waals surface area contributed by atoms with Crippen molar-refractivity contribution in [3.05, 3.63) is 134 Å². The number of likely N-dealkylation sites (N-methyl/N-ethyl adjacent to an activating group) is 1. The summed E-state index contributed by atoms with van der Waals surface area (Å²) in [6.07, 6.45) is 45.9. The third kappa shape index (κ3) is 41.8. The highest BCUT2D eigenvalue weighted by Crippen LogP contribution is 2.38. The van der Waals surface area contributed by atoms with Crippen LogP contribution >= 0.6 is 7.82 Å². The Bertz CT molecular complexity index is 1580. The zero-order chi connectivity index (χ0) is 46.9. The van der Waals surface area contributed by atoms with E-state index in [1.165, 1.54) is 6.08 Å². The number of hydrogen-bond donors (Lipinski definition) is 3. The number of aliphatic hydroxyl groups excluding tert-OH is 3. The Kier molecular flexibility index (Phi) is 37.1. The molecule has 0 radical (unpaired) electrons. The highest BCUT2D eigenvalue weighted by molar-refractivity contribution is 7.45. The maximum atomic E-state index is 12.7. The topological polar surface area (TPSA) is 172 Å². The second kappa shape index (κ2) is 39.6. The maximum Gasteiger partial charge on any atom is 0.306 e. The Morgan fingerprint density at radius 1 is 0.635 bits per heavy atom. The van der Waals surface area contributed by atoms with Crippen LogP contribution in [0, 0.1) is 0 Å². The summed E-state index contributed by atoms with van der Waals surface area (Å²) in [5.41, 5.74) is 0. The molecule has 0 saturated heterocycles. The van der Waals surface area contributed by atoms with Gasteiger partial charge < -0.3 is 43.2 Å². The summed E-state index contributed by atoms with van der Waals surface area (Å²) in [6.45, 7) is 3.39. The van der Waals surface area contributed by atoms with Crippen LogP contribution in [0.2, 0.25) is 0 Å². The number of aliphatic hydroxyl groups is 3. The first-order valence-electron chi connectivity index (χ1n) is 22.2. The lowest BCUT2D eigenvalue weighted by Gasteiger charge is -2.28. The molecule has 12 nitrogen and oxygen atoms in total. The summed E-state index contributed by atoms with van der Waals surface area (Å²) in [6, 6.07) is 0. The van der Waals surface area contributed by atoms with Crippen LogP contribution in [0.1, 0.15) is 97.3 Å². The first kappa shape index (κ1) is 59.0. The molecule has 3 N–H and O–H groups in total. The third-order valence-corrected chi connectivity index (χ3v) is 9.49. The predicted molar refractivity (Wildman–Crippen MR) is 253 cm³/mol. The highest BCUT2D eigenvalue weighted by atomic mass is 31.2. The van der Waals surface area contributed by atoms with E-state index in [2.05, 4.69) is 61.6 Å². The summed E-state index contributed by atoms with van der Waals surface area (Å²) in [5, 5.41) is 30.5. The number of carbonyl (C=O) groups excluding carboxylic acids is 2. The minimum absolute atomic E-state index is 0.0164. The van der Waals surface area contributed by atoms with Crippen molar-refractivity contribution in [2.45, 2.75) is 122 Å². The highest BCUT2D eigenvalue weighted by Gasteiger charge is 2.22. The molecule has 0 bridgehead atoms. The first-order chi connectivity index (χ1) is 30.2. The summed E-state index contributed by atoms with van der Waals surface area (Å²) < 4.78 is 33.5. The standard InChI is InChI=1S/C50H78NO11P/c1-6-8-10-11-12-13-14-15-16-17-18-19-20-21-22-23-24-29-33-39-50(56)62-46(44-61-63(57,58)60-42-41-51(3,4)5)43-59-49(55)40-34-38-48(54)47(53)37-32-28-26-25-27-31-36-45(52)35-30-9-7-2/h8-10,12-13,15-16,18-19,21-22,24-32,36-37,45-48,52-54H,6-7,11,14,17,20,23,33-35,38-44H2,1-5H3/b10-8-,13-12-,16-15-,19-18-,22-21-,27-25+,28-26-,29-24-,30-9-,36-31+,37-32-/t45-,46-,47+,48+/m1/s1. The lowest BCUT2D eigenvalue weighted by atomic mass is 10.1. The molecule has 0 rings (SSSR count). The zero-order valence-electron chi connectivity index (χ0n) is 38.5. The molecule has 0 aromatic carbocycles. The van der Waals surface area contributed by atoms with E-state index in [9.17, 15) is 34.4 Å². The van der Waals surface area contributed by atoms with E-state index >= 15 is 0 Å². The van der Waals surface area contributed by atoms with Gasteiger partial charge >= 0.3 is 11.9 Å². The van der Waals surface area contributed by atoms with Gasteiger partial charge in [-0.05, 0) is 70.6 Å². The number of nitrogens with zero attached hydrogens (tertiary/aromatic N) is 1. The Morgan fingerprint density at radius 2 is 1.14 bits per heavy atom. The van der Waals surface area contributed by atoms with Gasteiger partial charge in [-0.15, -0.1) is 0 Å². The molecule has 0 amide bonds. The monoisotopic (exact) mass is 900 g/mol. The minimum Gasteiger partial charge on any atom is -0.756 e. The number of ether oxygens (including phenoxy) is 2. The van der Waals surface area contributed by atoms with Crippen molar-refractivity contribution >= 4 is 19.8 Å². The van der Waals surface area contributed by atoms with Gasteiger partial charge in [0.05, 0.1) is 46.1 Å². The van der Waals surface area contributed by atoms with Crippen molar-refractivity contribution in [3.63, 3.8) is 0 Å². The molecule has 5 atom stereocenters. The fourth-order valence-electron chi connectivity index (χ4n) is 4.96. The number of quaternary nitrogens is 1. The molecular formula is C50H78NO11P. The molecule has 354 valence electrons. The van der Waals surface area contributed by atoms with Crippen LogP contribution < -0.4 is 4.89 Å². The summed E-state index contributed by atoms with van der Waals surface area (Å²) in [4.78, 5) is 37.6. The number of carbonyl (C=O) groups is 2. The van der Waals surface area contributed by atoms with Crippen LogP contribution in [-0.2, 0) is 32.7 Å². The average molecular weight is 900 g/mol. The lowest BCUT2D eigenvalue weighted by Crippen LogP contribution is -2.37. The molecule has 0 aromatic rings. The number of hydrogen-bond acceptors (Lipinski definition) is 11. The van der Waals surface area contributed by atoms with E-state index in [-0.39, 0.29) is 32.3 Å². The van der Waals surface area contributed by atoms with Gasteiger partial charge in [0.1, 0.15) is 19.8 Å². The van der Waals surface area contributed by atoms with Crippen LogP contribution in [0.4, 0.5) is 0 Å². The second-order valence-electron chi connectivity index (χ2n) is 15.5. The minimum atomic E-state index is -4.74. The van der Waals surface area contributed by atoms with Crippen LogP contribution in [0.3, 0.4) is 0 Å². The first-order valence-corrected chi connectivity index (χ1v) is 23.7. The lowest BCUT2D eigenvalue weighted by molar-refractivity contribution is -0.870. The molecule has 1 unspecified atom stereocenters. The van der Waals surface area contributed by atoms with E-state index < -0.39 is 57.4 Å². The molecule has 0 aliphatic rings. The Hall–Kier alpha value is -3.97. The zero-order valence-corrected chi connectivity index (χ0v) is 39.4. The van der Waals surface area contributed by atoms with Crippen LogP contribution in [0.15, 0.2) is 134 Å². The second-order valence-corrected chi connectivity index (χ2v) is 16.9. The predicted octanol–water partition coefficient (Wildman–Crippen LogP) is 8.96. The number of esters is 2. The largest absolute Gasteiger partial charge is 0.756 e. The van der Waals surface area contributed by atoms with Crippen molar-refractivity contribution in [2.24, 2.45) is 0 Å². The quantitative estimate of drug-likeness (QED) is 0.0179. The van der Waals surface area contributed by atoms with Crippen molar-refractivity contribution in [1.29, 1.82) is 0 Å². The van der Waals surface area contributed by atoms with Gasteiger partial charge in [-0.1, -0.05) is 148 Å². The number of allylic oxidation sites excluding steroid dienone is 19. The van der Waals surface area contributed by atoms with E-state index in [1.54, 1.807) is 42.5 Å². The molecule has 0 aromatic heterocycles. The SMILES string of the molecule is CC/C=C\C/C=C\C/C=C\C/C=C\C/C=C\C/C=C\CCC(=O)O[C@H](COC(=O)CCC[C@H](O)[C@@H](O)\C=C/C=C\C=C\C=C\[C@H](O)C/C=C\CC)COP(=O)([O-])OCC[N+](C)(C)C. The van der Waals surface area contributed by atoms with Crippen LogP contribution in [0.25, 0.3) is 0 Å². The van der Waals surface area contributed by atoms with Gasteiger partial charge in [0.2, 0.25) is 0 Å². The van der Waals surface area contributed by atoms with Gasteiger partial charge in [-0.3, -0.25) is 14.2 Å². The smallest absolute Gasteiger partial charge is 0.306 e. The Labute approximate surface area is 379 Å². The Balaban J connectivity index is 4.82. The molecule has 0 spiro atoms. The molecule has 0 aliphatic heterocycles. The molecule has 0 saturated carbocycles. The van der Waals surface area contributed by atoms with Gasteiger partial charge in [0.15, 0.2) is 6.10 Å².